The van der Waals surface area contributed by atoms with Crippen LogP contribution in [0, 0.1) is 6.92 Å². The van der Waals surface area contributed by atoms with Crippen LogP contribution in [0.2, 0.25) is 0 Å². The van der Waals surface area contributed by atoms with Gasteiger partial charge >= 0.3 is 0 Å². The Balaban J connectivity index is 4.33. The Morgan fingerprint density at radius 3 is 2.00 bits per heavy atom. The first kappa shape index (κ1) is 17.8. The average molecular weight is 261 g/mol. The van der Waals surface area contributed by atoms with Gasteiger partial charge in [0, 0.05) is 26.7 Å². The molecule has 0 fully saturated rings. The highest BCUT2D eigenvalue weighted by Crippen LogP contribution is 2.22. The largest absolute Gasteiger partial charge is 0.353 e. The molecule has 0 spiro atoms. The van der Waals surface area contributed by atoms with E-state index in [1.807, 2.05) is 20.8 Å². The third-order valence-corrected chi connectivity index (χ3v) is 2.45. The van der Waals surface area contributed by atoms with Crippen LogP contribution < -0.4 is 0 Å². The molecule has 0 heterocycles. The van der Waals surface area contributed by atoms with Crippen molar-refractivity contribution >= 4 is 0 Å². The molecule has 0 aliphatic heterocycles. The molecule has 1 unspecified atom stereocenters. The maximum atomic E-state index is 5.74. The number of ether oxygens (including phenoxy) is 4. The molecule has 18 heavy (non-hydrogen) atoms. The van der Waals surface area contributed by atoms with Gasteiger partial charge in [0.2, 0.25) is 0 Å². The van der Waals surface area contributed by atoms with Crippen molar-refractivity contribution in [1.29, 1.82) is 0 Å². The second kappa shape index (κ2) is 10.7. The van der Waals surface area contributed by atoms with Crippen molar-refractivity contribution in [2.45, 2.75) is 59.0 Å². The second-order valence-electron chi connectivity index (χ2n) is 4.09. The first-order valence-corrected chi connectivity index (χ1v) is 6.98. The molecule has 1 atom stereocenters. The average Bonchev–Trinajstić information content (AvgIpc) is 2.30. The Morgan fingerprint density at radius 2 is 1.56 bits per heavy atom. The Hall–Kier alpha value is -0.160. The zero-order valence-corrected chi connectivity index (χ0v) is 12.4. The van der Waals surface area contributed by atoms with Crippen molar-refractivity contribution in [1.82, 2.24) is 0 Å². The monoisotopic (exact) mass is 261 g/mol. The summed E-state index contributed by atoms with van der Waals surface area (Å²) in [6.07, 6.45) is 2.23. The van der Waals surface area contributed by atoms with Gasteiger partial charge in [0.15, 0.2) is 12.1 Å². The van der Waals surface area contributed by atoms with Gasteiger partial charge in [-0.05, 0) is 27.2 Å². The van der Waals surface area contributed by atoms with E-state index in [2.05, 4.69) is 13.8 Å². The summed E-state index contributed by atoms with van der Waals surface area (Å²) in [4.78, 5) is 0. The predicted molar refractivity (Wildman–Crippen MR) is 72.2 cm³/mol. The van der Waals surface area contributed by atoms with E-state index in [4.69, 9.17) is 18.9 Å². The fourth-order valence-corrected chi connectivity index (χ4v) is 1.62. The first-order chi connectivity index (χ1) is 8.61. The molecule has 0 bridgehead atoms. The zero-order chi connectivity index (χ0) is 13.9. The van der Waals surface area contributed by atoms with E-state index in [1.54, 1.807) is 0 Å². The van der Waals surface area contributed by atoms with Crippen molar-refractivity contribution in [2.24, 2.45) is 0 Å². The normalized spacial score (nSPS) is 15.0. The van der Waals surface area contributed by atoms with Crippen molar-refractivity contribution < 1.29 is 18.9 Å². The molecule has 0 aromatic rings. The third-order valence-electron chi connectivity index (χ3n) is 2.45. The zero-order valence-electron chi connectivity index (χ0n) is 12.4. The van der Waals surface area contributed by atoms with E-state index in [0.29, 0.717) is 32.8 Å². The molecule has 0 aliphatic rings. The number of unbranched alkanes of at least 4 members (excludes halogenated alkanes) is 1. The summed E-state index contributed by atoms with van der Waals surface area (Å²) in [5, 5.41) is 0. The Labute approximate surface area is 112 Å². The van der Waals surface area contributed by atoms with Gasteiger partial charge in [0.1, 0.15) is 0 Å². The molecule has 4 heteroatoms. The SMILES string of the molecule is [CH2]C(CC(OCC)OCC)(OCC)OCCCC. The second-order valence-corrected chi connectivity index (χ2v) is 4.09. The molecule has 0 rings (SSSR count). The summed E-state index contributed by atoms with van der Waals surface area (Å²) in [6, 6.07) is 0. The van der Waals surface area contributed by atoms with Crippen molar-refractivity contribution in [3.63, 3.8) is 0 Å². The van der Waals surface area contributed by atoms with E-state index in [9.17, 15) is 0 Å². The highest BCUT2D eigenvalue weighted by Gasteiger charge is 2.30. The molecule has 0 N–H and O–H groups in total. The third kappa shape index (κ3) is 8.03. The topological polar surface area (TPSA) is 36.9 Å². The van der Waals surface area contributed by atoms with Crippen LogP contribution in [0.4, 0.5) is 0 Å². The Kier molecular flexibility index (Phi) is 10.6. The first-order valence-electron chi connectivity index (χ1n) is 6.98. The van der Waals surface area contributed by atoms with Gasteiger partial charge in [-0.2, -0.15) is 0 Å². The molecule has 0 saturated heterocycles. The fraction of sp³-hybridized carbons (Fsp3) is 0.929. The van der Waals surface area contributed by atoms with Gasteiger partial charge in [-0.15, -0.1) is 0 Å². The van der Waals surface area contributed by atoms with Gasteiger partial charge in [-0.25, -0.2) is 0 Å². The van der Waals surface area contributed by atoms with Crippen molar-refractivity contribution in [3.05, 3.63) is 6.92 Å². The molecular formula is C14H29O4. The Bertz CT molecular complexity index is 181. The molecule has 109 valence electrons. The van der Waals surface area contributed by atoms with Gasteiger partial charge in [-0.1, -0.05) is 13.3 Å². The summed E-state index contributed by atoms with van der Waals surface area (Å²) in [7, 11) is 0. The van der Waals surface area contributed by atoms with Crippen molar-refractivity contribution in [2.75, 3.05) is 26.4 Å². The maximum absolute atomic E-state index is 5.74. The lowest BCUT2D eigenvalue weighted by molar-refractivity contribution is -0.252. The van der Waals surface area contributed by atoms with Crippen LogP contribution >= 0.6 is 0 Å². The predicted octanol–water partition coefficient (Wildman–Crippen LogP) is 3.16. The maximum Gasteiger partial charge on any atom is 0.173 e. The van der Waals surface area contributed by atoms with E-state index in [-0.39, 0.29) is 6.29 Å². The molecule has 0 saturated carbocycles. The van der Waals surface area contributed by atoms with Crippen molar-refractivity contribution in [3.8, 4) is 0 Å². The molecule has 0 aromatic carbocycles. The van der Waals surface area contributed by atoms with Crippen LogP contribution in [0.5, 0.6) is 0 Å². The molecular weight excluding hydrogens is 232 g/mol. The van der Waals surface area contributed by atoms with Crippen LogP contribution in [0.3, 0.4) is 0 Å². The van der Waals surface area contributed by atoms with Crippen LogP contribution in [0.1, 0.15) is 47.0 Å². The summed E-state index contributed by atoms with van der Waals surface area (Å²) in [5.74, 6) is -0.876. The quantitative estimate of drug-likeness (QED) is 0.399. The van der Waals surface area contributed by atoms with Crippen LogP contribution in [0.15, 0.2) is 0 Å². The summed E-state index contributed by atoms with van der Waals surface area (Å²) < 4.78 is 22.4. The van der Waals surface area contributed by atoms with Gasteiger partial charge in [-0.3, -0.25) is 0 Å². The molecule has 0 aliphatic carbocycles. The van der Waals surface area contributed by atoms with E-state index in [1.165, 1.54) is 0 Å². The minimum absolute atomic E-state index is 0.328. The molecule has 0 amide bonds. The fourth-order valence-electron chi connectivity index (χ4n) is 1.62. The van der Waals surface area contributed by atoms with E-state index < -0.39 is 5.79 Å². The lowest BCUT2D eigenvalue weighted by Gasteiger charge is -2.32. The van der Waals surface area contributed by atoms with E-state index in [0.717, 1.165) is 12.8 Å². The lowest BCUT2D eigenvalue weighted by atomic mass is 10.2. The molecule has 0 aromatic heterocycles. The van der Waals surface area contributed by atoms with Crippen LogP contribution in [0.25, 0.3) is 0 Å². The Morgan fingerprint density at radius 1 is 0.944 bits per heavy atom. The highest BCUT2D eigenvalue weighted by molar-refractivity contribution is 4.75. The standard InChI is InChI=1S/C14H29O4/c1-6-10-11-18-14(5,17-9-4)12-13(15-7-2)16-8-3/h13H,5-12H2,1-4H3. The number of rotatable bonds is 12. The highest BCUT2D eigenvalue weighted by atomic mass is 16.7. The minimum Gasteiger partial charge on any atom is -0.353 e. The summed E-state index contributed by atoms with van der Waals surface area (Å²) in [5.41, 5.74) is 0. The van der Waals surface area contributed by atoms with Gasteiger partial charge in [0.05, 0.1) is 13.0 Å². The van der Waals surface area contributed by atoms with E-state index >= 15 is 0 Å². The smallest absolute Gasteiger partial charge is 0.173 e. The van der Waals surface area contributed by atoms with Gasteiger partial charge in [0.25, 0.3) is 0 Å². The van der Waals surface area contributed by atoms with Crippen LogP contribution in [-0.2, 0) is 18.9 Å². The number of hydrogen-bond donors (Lipinski definition) is 0. The minimum atomic E-state index is -0.876. The summed E-state index contributed by atoms with van der Waals surface area (Å²) in [6.45, 7) is 14.4. The van der Waals surface area contributed by atoms with Crippen LogP contribution in [-0.4, -0.2) is 38.5 Å². The van der Waals surface area contributed by atoms with Gasteiger partial charge < -0.3 is 18.9 Å². The molecule has 1 radical (unpaired) electrons. The number of hydrogen-bond acceptors (Lipinski definition) is 4. The lowest BCUT2D eigenvalue weighted by Crippen LogP contribution is -2.39. The molecule has 4 nitrogen and oxygen atoms in total. The summed E-state index contributed by atoms with van der Waals surface area (Å²) >= 11 is 0.